The zero-order valence-electron chi connectivity index (χ0n) is 8.80. The van der Waals surface area contributed by atoms with Gasteiger partial charge in [0.05, 0.1) is 6.34 Å². The summed E-state index contributed by atoms with van der Waals surface area (Å²) in [5.41, 5.74) is 6.07. The highest BCUT2D eigenvalue weighted by molar-refractivity contribution is 7.80. The minimum absolute atomic E-state index is 0.0594. The van der Waals surface area contributed by atoms with Crippen LogP contribution < -0.4 is 5.73 Å². The van der Waals surface area contributed by atoms with Crippen LogP contribution in [0.4, 0.5) is 5.69 Å². The number of aromatic hydroxyl groups is 1. The van der Waals surface area contributed by atoms with Crippen molar-refractivity contribution < 1.29 is 5.11 Å². The summed E-state index contributed by atoms with van der Waals surface area (Å²) in [6.45, 7) is 0. The normalized spacial score (nSPS) is 10.9. The third-order valence-electron chi connectivity index (χ3n) is 1.64. The molecule has 0 aromatic carbocycles. The van der Waals surface area contributed by atoms with E-state index in [1.807, 2.05) is 14.1 Å². The first-order valence-electron chi connectivity index (χ1n) is 4.20. The molecule has 1 aromatic heterocycles. The third kappa shape index (κ3) is 2.44. The first-order valence-corrected chi connectivity index (χ1v) is 4.60. The van der Waals surface area contributed by atoms with Crippen molar-refractivity contribution >= 4 is 29.2 Å². The summed E-state index contributed by atoms with van der Waals surface area (Å²) in [5, 5.41) is 13.6. The van der Waals surface area contributed by atoms with Crippen molar-refractivity contribution in [3.63, 3.8) is 0 Å². The summed E-state index contributed by atoms with van der Waals surface area (Å²) >= 11 is 4.81. The standard InChI is InChI=1S/C8H13N5OS/c1-12(2)4-10-6-5(7(9)15)11-13(3)8(6)14/h4,14H,1-3H3,(H2,9,15). The SMILES string of the molecule is CN(C)C=Nc1c(C(N)=S)nn(C)c1O. The number of thiocarbonyl (C=S) groups is 1. The number of hydrogen-bond acceptors (Lipinski definition) is 4. The molecule has 0 fully saturated rings. The maximum Gasteiger partial charge on any atom is 0.236 e. The first kappa shape index (κ1) is 11.4. The molecule has 7 heteroatoms. The van der Waals surface area contributed by atoms with Crippen molar-refractivity contribution in [3.8, 4) is 5.88 Å². The van der Waals surface area contributed by atoms with Gasteiger partial charge in [0.25, 0.3) is 0 Å². The number of aliphatic imine (C=N–C) groups is 1. The van der Waals surface area contributed by atoms with Gasteiger partial charge in [0.1, 0.15) is 10.7 Å². The van der Waals surface area contributed by atoms with Gasteiger partial charge in [0.15, 0.2) is 5.69 Å². The molecule has 0 bridgehead atoms. The number of aryl methyl sites for hydroxylation is 1. The molecule has 15 heavy (non-hydrogen) atoms. The van der Waals surface area contributed by atoms with Crippen LogP contribution in [0.5, 0.6) is 5.88 Å². The molecule has 0 radical (unpaired) electrons. The van der Waals surface area contributed by atoms with Crippen LogP contribution >= 0.6 is 12.2 Å². The molecule has 1 aromatic rings. The van der Waals surface area contributed by atoms with Crippen LogP contribution in [-0.4, -0.2) is 45.2 Å². The Balaban J connectivity index is 3.19. The minimum atomic E-state index is -0.0594. The Morgan fingerprint density at radius 2 is 2.27 bits per heavy atom. The third-order valence-corrected chi connectivity index (χ3v) is 1.84. The van der Waals surface area contributed by atoms with Gasteiger partial charge in [-0.15, -0.1) is 0 Å². The van der Waals surface area contributed by atoms with Gasteiger partial charge in [0, 0.05) is 21.1 Å². The molecule has 82 valence electrons. The summed E-state index contributed by atoms with van der Waals surface area (Å²) in [6, 6.07) is 0. The second kappa shape index (κ2) is 4.26. The van der Waals surface area contributed by atoms with Gasteiger partial charge in [-0.1, -0.05) is 12.2 Å². The number of nitrogens with two attached hydrogens (primary N) is 1. The van der Waals surface area contributed by atoms with E-state index in [0.29, 0.717) is 11.4 Å². The van der Waals surface area contributed by atoms with E-state index in [2.05, 4.69) is 10.1 Å². The molecule has 0 saturated carbocycles. The van der Waals surface area contributed by atoms with Crippen molar-refractivity contribution in [1.29, 1.82) is 0 Å². The maximum atomic E-state index is 9.63. The summed E-state index contributed by atoms with van der Waals surface area (Å²) in [6.07, 6.45) is 1.54. The molecule has 6 nitrogen and oxygen atoms in total. The van der Waals surface area contributed by atoms with Crippen LogP contribution in [0.2, 0.25) is 0 Å². The van der Waals surface area contributed by atoms with Gasteiger partial charge in [0.2, 0.25) is 5.88 Å². The highest BCUT2D eigenvalue weighted by atomic mass is 32.1. The van der Waals surface area contributed by atoms with Gasteiger partial charge >= 0.3 is 0 Å². The van der Waals surface area contributed by atoms with Crippen LogP contribution in [0.1, 0.15) is 5.69 Å². The fourth-order valence-electron chi connectivity index (χ4n) is 0.962. The fraction of sp³-hybridized carbons (Fsp3) is 0.375. The Hall–Kier alpha value is -1.63. The van der Waals surface area contributed by atoms with Gasteiger partial charge in [-0.2, -0.15) is 5.10 Å². The Kier molecular flexibility index (Phi) is 3.25. The van der Waals surface area contributed by atoms with Crippen LogP contribution in [0.3, 0.4) is 0 Å². The van der Waals surface area contributed by atoms with Gasteiger partial charge in [-0.25, -0.2) is 9.67 Å². The van der Waals surface area contributed by atoms with Crippen molar-refractivity contribution in [2.24, 2.45) is 17.8 Å². The number of rotatable bonds is 3. The van der Waals surface area contributed by atoms with E-state index < -0.39 is 0 Å². The first-order chi connectivity index (χ1) is 6.93. The highest BCUT2D eigenvalue weighted by Gasteiger charge is 2.16. The maximum absolute atomic E-state index is 9.63. The minimum Gasteiger partial charge on any atom is -0.492 e. The molecule has 0 amide bonds. The molecule has 0 aliphatic rings. The molecular formula is C8H13N5OS. The van der Waals surface area contributed by atoms with Crippen molar-refractivity contribution in [2.45, 2.75) is 0 Å². The van der Waals surface area contributed by atoms with E-state index in [0.717, 1.165) is 0 Å². The van der Waals surface area contributed by atoms with Crippen LogP contribution in [0, 0.1) is 0 Å². The largest absolute Gasteiger partial charge is 0.492 e. The Morgan fingerprint density at radius 1 is 1.67 bits per heavy atom. The van der Waals surface area contributed by atoms with E-state index in [4.69, 9.17) is 18.0 Å². The van der Waals surface area contributed by atoms with E-state index in [1.54, 1.807) is 18.3 Å². The Morgan fingerprint density at radius 3 is 2.73 bits per heavy atom. The van der Waals surface area contributed by atoms with Gasteiger partial charge < -0.3 is 15.7 Å². The zero-order valence-corrected chi connectivity index (χ0v) is 9.62. The molecule has 0 atom stereocenters. The molecule has 3 N–H and O–H groups in total. The van der Waals surface area contributed by atoms with E-state index >= 15 is 0 Å². The summed E-state index contributed by atoms with van der Waals surface area (Å²) in [7, 11) is 5.22. The fourth-order valence-corrected chi connectivity index (χ4v) is 1.10. The molecule has 0 saturated heterocycles. The Labute approximate surface area is 93.0 Å². The number of hydrogen-bond donors (Lipinski definition) is 2. The summed E-state index contributed by atoms with van der Waals surface area (Å²) in [5.74, 6) is -0.0594. The average Bonchev–Trinajstić information content (AvgIpc) is 2.41. The molecule has 0 unspecified atom stereocenters. The van der Waals surface area contributed by atoms with Crippen molar-refractivity contribution in [2.75, 3.05) is 14.1 Å². The lowest BCUT2D eigenvalue weighted by Gasteiger charge is -2.02. The Bertz CT molecular complexity index is 409. The van der Waals surface area contributed by atoms with Crippen LogP contribution in [-0.2, 0) is 7.05 Å². The lowest BCUT2D eigenvalue weighted by atomic mass is 10.3. The number of nitrogens with zero attached hydrogens (tertiary/aromatic N) is 4. The number of aromatic nitrogens is 2. The summed E-state index contributed by atoms with van der Waals surface area (Å²) in [4.78, 5) is 5.89. The van der Waals surface area contributed by atoms with Crippen LogP contribution in [0.25, 0.3) is 0 Å². The van der Waals surface area contributed by atoms with E-state index in [9.17, 15) is 5.11 Å². The van der Waals surface area contributed by atoms with E-state index in [1.165, 1.54) is 4.68 Å². The second-order valence-electron chi connectivity index (χ2n) is 3.22. The molecule has 0 aliphatic heterocycles. The smallest absolute Gasteiger partial charge is 0.236 e. The lowest BCUT2D eigenvalue weighted by Crippen LogP contribution is -2.11. The quantitative estimate of drug-likeness (QED) is 0.431. The molecule has 1 heterocycles. The predicted molar refractivity (Wildman–Crippen MR) is 62.6 cm³/mol. The lowest BCUT2D eigenvalue weighted by molar-refractivity contribution is 0.420. The topological polar surface area (TPSA) is 79.7 Å². The van der Waals surface area contributed by atoms with Gasteiger partial charge in [-0.05, 0) is 0 Å². The van der Waals surface area contributed by atoms with Crippen molar-refractivity contribution in [3.05, 3.63) is 5.69 Å². The average molecular weight is 227 g/mol. The molecular weight excluding hydrogens is 214 g/mol. The molecule has 0 aliphatic carbocycles. The zero-order chi connectivity index (χ0) is 11.6. The van der Waals surface area contributed by atoms with Crippen molar-refractivity contribution in [1.82, 2.24) is 14.7 Å². The second-order valence-corrected chi connectivity index (χ2v) is 3.66. The van der Waals surface area contributed by atoms with Gasteiger partial charge in [-0.3, -0.25) is 0 Å². The molecule has 1 rings (SSSR count). The van der Waals surface area contributed by atoms with Crippen LogP contribution in [0.15, 0.2) is 4.99 Å². The summed E-state index contributed by atoms with van der Waals surface area (Å²) < 4.78 is 1.27. The van der Waals surface area contributed by atoms with E-state index in [-0.39, 0.29) is 10.9 Å². The monoisotopic (exact) mass is 227 g/mol. The highest BCUT2D eigenvalue weighted by Crippen LogP contribution is 2.29. The predicted octanol–water partition coefficient (Wildman–Crippen LogP) is -0.0187. The molecule has 0 spiro atoms.